The highest BCUT2D eigenvalue weighted by atomic mass is 31.7. The third-order valence-electron chi connectivity index (χ3n) is 0.158. The first kappa shape index (κ1) is 4.66. The molecule has 0 spiro atoms. The third kappa shape index (κ3) is 2.66. The molecule has 0 aliphatic carbocycles. The zero-order valence-corrected chi connectivity index (χ0v) is 4.55. The monoisotopic (exact) mass is 90.0 g/mol. The van der Waals surface area contributed by atoms with Crippen LogP contribution in [0.15, 0.2) is 0 Å². The summed E-state index contributed by atoms with van der Waals surface area (Å²) in [4.78, 5) is 0. The normalized spacial score (nSPS) is 8.00. The molecule has 0 nitrogen and oxygen atoms in total. The molecule has 0 saturated heterocycles. The summed E-state index contributed by atoms with van der Waals surface area (Å²) in [5.41, 5.74) is 0. The molecule has 0 bridgehead atoms. The van der Waals surface area contributed by atoms with E-state index in [0.717, 1.165) is 0 Å². The summed E-state index contributed by atoms with van der Waals surface area (Å²) < 4.78 is 0. The van der Waals surface area contributed by atoms with Gasteiger partial charge in [-0.05, 0) is 6.06 Å². The Hall–Kier alpha value is 0.665. The van der Waals surface area contributed by atoms with Gasteiger partial charge in [0.15, 0.2) is 0 Å². The van der Waals surface area contributed by atoms with Gasteiger partial charge in [-0.25, -0.2) is 0 Å². The van der Waals surface area contributed by atoms with E-state index in [9.17, 15) is 0 Å². The Kier molecular flexibility index (Phi) is 4.27. The molecule has 0 radical (unpaired) electrons. The summed E-state index contributed by atoms with van der Waals surface area (Å²) in [7, 11) is 6.68. The first-order chi connectivity index (χ1) is 1.91. The molecule has 0 aliphatic heterocycles. The van der Waals surface area contributed by atoms with Crippen LogP contribution in [0.2, 0.25) is 0 Å². The zero-order chi connectivity index (χ0) is 3.41. The van der Waals surface area contributed by atoms with Crippen molar-refractivity contribution < 1.29 is 0 Å². The van der Waals surface area contributed by atoms with E-state index >= 15 is 0 Å². The van der Waals surface area contributed by atoms with Gasteiger partial charge in [-0.15, -0.1) is 0 Å². The minimum Gasteiger partial charge on any atom is -0.0944 e. The van der Waals surface area contributed by atoms with Crippen molar-refractivity contribution in [2.24, 2.45) is 0 Å². The highest BCUT2D eigenvalue weighted by Gasteiger charge is 1.49. The van der Waals surface area contributed by atoms with E-state index < -0.39 is 0 Å². The second-order valence-electron chi connectivity index (χ2n) is 0.474. The molecule has 22 valence electrons. The molecule has 0 aromatic rings. The SMILES string of the molecule is BCP=P. The highest BCUT2D eigenvalue weighted by Crippen LogP contribution is 1.92. The first-order valence-corrected chi connectivity index (χ1v) is 3.67. The molecule has 0 rings (SSSR count). The van der Waals surface area contributed by atoms with E-state index in [-0.39, 0.29) is 0 Å². The zero-order valence-electron chi connectivity index (χ0n) is 2.65. The lowest BCUT2D eigenvalue weighted by molar-refractivity contribution is 2.25. The quantitative estimate of drug-likeness (QED) is 0.326. The van der Waals surface area contributed by atoms with Crippen molar-refractivity contribution in [3.63, 3.8) is 0 Å². The van der Waals surface area contributed by atoms with Crippen molar-refractivity contribution in [1.82, 2.24) is 0 Å². The summed E-state index contributed by atoms with van der Waals surface area (Å²) in [6.45, 7) is 0. The van der Waals surface area contributed by atoms with Gasteiger partial charge < -0.3 is 0 Å². The molecule has 0 aromatic heterocycles. The lowest BCUT2D eigenvalue weighted by atomic mass is 10.2. The maximum Gasteiger partial charge on any atom is 0.112 e. The van der Waals surface area contributed by atoms with E-state index in [4.69, 9.17) is 0 Å². The second-order valence-corrected chi connectivity index (χ2v) is 2.37. The van der Waals surface area contributed by atoms with Gasteiger partial charge in [-0.3, -0.25) is 0 Å². The summed E-state index contributed by atoms with van der Waals surface area (Å²) in [5, 5.41) is 0. The van der Waals surface area contributed by atoms with Crippen LogP contribution in [-0.2, 0) is 0 Å². The molecule has 4 heavy (non-hydrogen) atoms. The fourth-order valence-electron chi connectivity index (χ4n) is 0. The minimum atomic E-state index is 1.21. The highest BCUT2D eigenvalue weighted by molar-refractivity contribution is 7.75. The van der Waals surface area contributed by atoms with E-state index in [1.807, 2.05) is 0 Å². The van der Waals surface area contributed by atoms with Gasteiger partial charge in [-0.1, -0.05) is 16.4 Å². The van der Waals surface area contributed by atoms with Crippen LogP contribution in [-0.4, -0.2) is 13.9 Å². The molecular formula is CH5BP2. The average molecular weight is 89.8 g/mol. The Bertz CT molecular complexity index is 20.0. The Morgan fingerprint density at radius 2 is 2.25 bits per heavy atom. The van der Waals surface area contributed by atoms with Gasteiger partial charge in [-0.2, -0.15) is 0 Å². The Morgan fingerprint density at radius 3 is 2.25 bits per heavy atom. The van der Waals surface area contributed by atoms with Crippen LogP contribution >= 0.6 is 16.4 Å². The molecule has 0 amide bonds. The first-order valence-electron chi connectivity index (χ1n) is 1.25. The number of rotatable bonds is 1. The van der Waals surface area contributed by atoms with Crippen LogP contribution in [0, 0.1) is 0 Å². The second kappa shape index (κ2) is 3.66. The van der Waals surface area contributed by atoms with Crippen LogP contribution in [0.5, 0.6) is 0 Å². The molecule has 0 atom stereocenters. The Labute approximate surface area is 31.2 Å². The van der Waals surface area contributed by atoms with Crippen LogP contribution in [0.1, 0.15) is 0 Å². The van der Waals surface area contributed by atoms with E-state index in [1.165, 1.54) is 13.9 Å². The molecule has 3 heteroatoms. The van der Waals surface area contributed by atoms with Crippen molar-refractivity contribution in [1.29, 1.82) is 0 Å². The predicted octanol–water partition coefficient (Wildman–Crippen LogP) is 0.581. The van der Waals surface area contributed by atoms with Gasteiger partial charge in [0.25, 0.3) is 0 Å². The maximum absolute atomic E-state index is 3.26. The van der Waals surface area contributed by atoms with E-state index in [1.54, 1.807) is 0 Å². The average Bonchev–Trinajstić information content (AvgIpc) is 1.37. The Morgan fingerprint density at radius 1 is 2.00 bits per heavy atom. The van der Waals surface area contributed by atoms with Crippen LogP contribution < -0.4 is 0 Å². The molecule has 0 heterocycles. The van der Waals surface area contributed by atoms with Crippen LogP contribution in [0.3, 0.4) is 0 Å². The van der Waals surface area contributed by atoms with Gasteiger partial charge >= 0.3 is 0 Å². The van der Waals surface area contributed by atoms with Crippen molar-refractivity contribution in [3.05, 3.63) is 0 Å². The molecule has 0 N–H and O–H groups in total. The molecule has 0 unspecified atom stereocenters. The molecule has 0 aromatic carbocycles. The van der Waals surface area contributed by atoms with E-state index in [0.29, 0.717) is 0 Å². The largest absolute Gasteiger partial charge is 0.112 e. The van der Waals surface area contributed by atoms with Crippen molar-refractivity contribution >= 4 is 24.2 Å². The summed E-state index contributed by atoms with van der Waals surface area (Å²) in [6, 6.07) is 1.21. The lowest BCUT2D eigenvalue weighted by Crippen LogP contribution is -1.53. The fraction of sp³-hybridized carbons (Fsp3) is 1.00. The van der Waals surface area contributed by atoms with Crippen molar-refractivity contribution in [2.45, 2.75) is 0 Å². The summed E-state index contributed by atoms with van der Waals surface area (Å²) in [6.07, 6.45) is 0. The van der Waals surface area contributed by atoms with Crippen molar-refractivity contribution in [3.8, 4) is 0 Å². The fourth-order valence-corrected chi connectivity index (χ4v) is 0. The van der Waals surface area contributed by atoms with Gasteiger partial charge in [0, 0.05) is 0 Å². The molecule has 0 saturated carbocycles. The van der Waals surface area contributed by atoms with Gasteiger partial charge in [0.1, 0.15) is 7.85 Å². The Balaban J connectivity index is 2.30. The topological polar surface area (TPSA) is 0 Å². The summed E-state index contributed by atoms with van der Waals surface area (Å²) >= 11 is 0. The van der Waals surface area contributed by atoms with Crippen molar-refractivity contribution in [2.75, 3.05) is 6.06 Å². The van der Waals surface area contributed by atoms with Gasteiger partial charge in [0.05, 0.1) is 0 Å². The van der Waals surface area contributed by atoms with E-state index in [2.05, 4.69) is 16.4 Å². The number of hydrogen-bond donors (Lipinski definition) is 0. The van der Waals surface area contributed by atoms with Crippen LogP contribution in [0.25, 0.3) is 0 Å². The summed E-state index contributed by atoms with van der Waals surface area (Å²) in [5.74, 6) is 0. The number of hydrogen-bond acceptors (Lipinski definition) is 0. The molecular weight excluding hydrogens is 84.8 g/mol. The molecule has 0 aliphatic rings. The third-order valence-corrected chi connectivity index (χ3v) is 1.42. The minimum absolute atomic E-state index is 1.21. The van der Waals surface area contributed by atoms with Crippen LogP contribution in [0.4, 0.5) is 0 Å². The predicted molar refractivity (Wildman–Crippen MR) is 28.6 cm³/mol. The lowest BCUT2D eigenvalue weighted by Gasteiger charge is -1.54. The molecule has 0 fully saturated rings. The van der Waals surface area contributed by atoms with Gasteiger partial charge in [0.2, 0.25) is 0 Å². The smallest absolute Gasteiger partial charge is 0.0944 e. The maximum atomic E-state index is 3.26. The standard InChI is InChI=1S/CH5BP2/c2-1-4-3/h3H,1-2H2.